The zero-order valence-corrected chi connectivity index (χ0v) is 16.5. The Morgan fingerprint density at radius 2 is 1.67 bits per heavy atom. The molecule has 7 heteroatoms. The molecule has 1 aliphatic heterocycles. The van der Waals surface area contributed by atoms with Crippen LogP contribution in [0.2, 0.25) is 0 Å². The summed E-state index contributed by atoms with van der Waals surface area (Å²) in [6.07, 6.45) is 0. The zero-order valence-electron chi connectivity index (χ0n) is 16.5. The average Bonchev–Trinajstić information content (AvgIpc) is 2.61. The number of piperazine rings is 1. The predicted molar refractivity (Wildman–Crippen MR) is 110 cm³/mol. The van der Waals surface area contributed by atoms with Crippen molar-refractivity contribution >= 4 is 23.4 Å². The molecule has 7 nitrogen and oxygen atoms in total. The summed E-state index contributed by atoms with van der Waals surface area (Å²) < 4.78 is 0. The molecule has 0 bridgehead atoms. The summed E-state index contributed by atoms with van der Waals surface area (Å²) in [4.78, 5) is 25.6. The van der Waals surface area contributed by atoms with E-state index in [2.05, 4.69) is 31.6 Å². The molecular weight excluding hydrogens is 340 g/mol. The maximum absolute atomic E-state index is 12.6. The molecule has 144 valence electrons. The maximum atomic E-state index is 12.6. The van der Waals surface area contributed by atoms with Crippen LogP contribution < -0.4 is 15.5 Å². The molecule has 1 saturated heterocycles. The summed E-state index contributed by atoms with van der Waals surface area (Å²) in [5.74, 6) is 2.50. The molecule has 3 rings (SSSR count). The van der Waals surface area contributed by atoms with E-state index in [1.165, 1.54) is 0 Å². The second-order valence-corrected chi connectivity index (χ2v) is 6.97. The summed E-state index contributed by atoms with van der Waals surface area (Å²) in [6.45, 7) is 11.7. The second-order valence-electron chi connectivity index (χ2n) is 6.97. The van der Waals surface area contributed by atoms with Crippen LogP contribution in [0.15, 0.2) is 24.3 Å². The first-order valence-electron chi connectivity index (χ1n) is 9.43. The number of hydrogen-bond acceptors (Lipinski definition) is 5. The normalized spacial score (nSPS) is 14.2. The number of nitrogens with one attached hydrogen (secondary N) is 2. The van der Waals surface area contributed by atoms with Crippen molar-refractivity contribution in [3.05, 3.63) is 41.2 Å². The minimum atomic E-state index is -0.0492. The number of benzene rings is 1. The molecular formula is C20H28N6O. The molecule has 0 radical (unpaired) electrons. The molecule has 2 heterocycles. The van der Waals surface area contributed by atoms with Crippen LogP contribution in [0.3, 0.4) is 0 Å². The van der Waals surface area contributed by atoms with Gasteiger partial charge in [0.2, 0.25) is 0 Å². The fraction of sp³-hybridized carbons (Fsp3) is 0.450. The van der Waals surface area contributed by atoms with Crippen molar-refractivity contribution in [2.45, 2.75) is 27.7 Å². The predicted octanol–water partition coefficient (Wildman–Crippen LogP) is 3.19. The lowest BCUT2D eigenvalue weighted by molar-refractivity contribution is 0.208. The van der Waals surface area contributed by atoms with Gasteiger partial charge in [-0.15, -0.1) is 0 Å². The Morgan fingerprint density at radius 1 is 1.00 bits per heavy atom. The number of aromatic nitrogens is 2. The Balaban J connectivity index is 1.60. The highest BCUT2D eigenvalue weighted by Crippen LogP contribution is 2.19. The van der Waals surface area contributed by atoms with Crippen molar-refractivity contribution in [3.8, 4) is 0 Å². The van der Waals surface area contributed by atoms with Crippen LogP contribution in [0.5, 0.6) is 0 Å². The molecule has 0 aliphatic carbocycles. The van der Waals surface area contributed by atoms with Gasteiger partial charge >= 0.3 is 6.03 Å². The quantitative estimate of drug-likeness (QED) is 0.867. The largest absolute Gasteiger partial charge is 0.370 e. The van der Waals surface area contributed by atoms with E-state index in [0.717, 1.165) is 53.9 Å². The molecule has 1 aromatic heterocycles. The average molecular weight is 368 g/mol. The molecule has 1 aromatic carbocycles. The van der Waals surface area contributed by atoms with Crippen molar-refractivity contribution in [3.63, 3.8) is 0 Å². The Bertz CT molecular complexity index is 794. The lowest BCUT2D eigenvalue weighted by atomic mass is 10.1. The standard InChI is InChI=1S/C20H28N6O/c1-5-21-18-13-19(23-16(4)22-18)25-6-8-26(9-7-25)20(27)24-17-11-14(2)10-15(3)12-17/h10-13H,5-9H2,1-4H3,(H,24,27)(H,21,22,23). The first-order valence-corrected chi connectivity index (χ1v) is 9.43. The molecule has 0 unspecified atom stereocenters. The zero-order chi connectivity index (χ0) is 19.4. The van der Waals surface area contributed by atoms with E-state index in [9.17, 15) is 4.79 Å². The summed E-state index contributed by atoms with van der Waals surface area (Å²) in [5.41, 5.74) is 3.14. The summed E-state index contributed by atoms with van der Waals surface area (Å²) in [5, 5.41) is 6.25. The SMILES string of the molecule is CCNc1cc(N2CCN(C(=O)Nc3cc(C)cc(C)c3)CC2)nc(C)n1. The molecule has 1 aliphatic rings. The maximum Gasteiger partial charge on any atom is 0.321 e. The highest BCUT2D eigenvalue weighted by atomic mass is 16.2. The summed E-state index contributed by atoms with van der Waals surface area (Å²) in [7, 11) is 0. The smallest absolute Gasteiger partial charge is 0.321 e. The van der Waals surface area contributed by atoms with Crippen LogP contribution in [0.1, 0.15) is 23.9 Å². The molecule has 0 atom stereocenters. The van der Waals surface area contributed by atoms with Crippen LogP contribution in [0.4, 0.5) is 22.1 Å². The molecule has 2 amide bonds. The van der Waals surface area contributed by atoms with Gasteiger partial charge in [0, 0.05) is 44.5 Å². The first-order chi connectivity index (χ1) is 12.9. The fourth-order valence-corrected chi connectivity index (χ4v) is 3.37. The second kappa shape index (κ2) is 8.24. The Morgan fingerprint density at radius 3 is 2.30 bits per heavy atom. The van der Waals surface area contributed by atoms with Crippen molar-refractivity contribution in [2.75, 3.05) is 48.3 Å². The minimum Gasteiger partial charge on any atom is -0.370 e. The van der Waals surface area contributed by atoms with Crippen LogP contribution in [-0.4, -0.2) is 53.6 Å². The molecule has 0 saturated carbocycles. The van der Waals surface area contributed by atoms with Gasteiger partial charge in [0.05, 0.1) is 0 Å². The molecule has 2 aromatic rings. The third kappa shape index (κ3) is 4.87. The van der Waals surface area contributed by atoms with Crippen LogP contribution in [0.25, 0.3) is 0 Å². The topological polar surface area (TPSA) is 73.4 Å². The van der Waals surface area contributed by atoms with Gasteiger partial charge in [0.1, 0.15) is 17.5 Å². The van der Waals surface area contributed by atoms with E-state index in [0.29, 0.717) is 13.1 Å². The monoisotopic (exact) mass is 368 g/mol. The lowest BCUT2D eigenvalue weighted by Crippen LogP contribution is -2.50. The molecule has 27 heavy (non-hydrogen) atoms. The van der Waals surface area contributed by atoms with E-state index in [1.54, 1.807) is 0 Å². The fourth-order valence-electron chi connectivity index (χ4n) is 3.37. The highest BCUT2D eigenvalue weighted by molar-refractivity contribution is 5.89. The molecule has 1 fully saturated rings. The summed E-state index contributed by atoms with van der Waals surface area (Å²) >= 11 is 0. The van der Waals surface area contributed by atoms with E-state index in [1.807, 2.05) is 50.8 Å². The van der Waals surface area contributed by atoms with Crippen LogP contribution in [-0.2, 0) is 0 Å². The van der Waals surface area contributed by atoms with E-state index in [-0.39, 0.29) is 6.03 Å². The number of carbonyl (C=O) groups excluding carboxylic acids is 1. The molecule has 2 N–H and O–H groups in total. The van der Waals surface area contributed by atoms with Crippen molar-refractivity contribution < 1.29 is 4.79 Å². The Kier molecular flexibility index (Phi) is 5.78. The number of aryl methyl sites for hydroxylation is 3. The first kappa shape index (κ1) is 18.9. The van der Waals surface area contributed by atoms with Crippen molar-refractivity contribution in [1.29, 1.82) is 0 Å². The van der Waals surface area contributed by atoms with Gasteiger partial charge in [0.15, 0.2) is 0 Å². The number of anilines is 3. The van der Waals surface area contributed by atoms with Crippen LogP contribution in [0, 0.1) is 20.8 Å². The highest BCUT2D eigenvalue weighted by Gasteiger charge is 2.22. The number of hydrogen-bond donors (Lipinski definition) is 2. The van der Waals surface area contributed by atoms with Gasteiger partial charge in [-0.3, -0.25) is 0 Å². The van der Waals surface area contributed by atoms with E-state index in [4.69, 9.17) is 0 Å². The molecule has 0 spiro atoms. The van der Waals surface area contributed by atoms with Gasteiger partial charge in [-0.1, -0.05) is 6.07 Å². The van der Waals surface area contributed by atoms with Crippen LogP contribution >= 0.6 is 0 Å². The van der Waals surface area contributed by atoms with Crippen molar-refractivity contribution in [2.24, 2.45) is 0 Å². The third-order valence-corrected chi connectivity index (χ3v) is 4.55. The Labute approximate surface area is 160 Å². The Hall–Kier alpha value is -2.83. The number of urea groups is 1. The van der Waals surface area contributed by atoms with E-state index >= 15 is 0 Å². The van der Waals surface area contributed by atoms with Gasteiger partial charge in [-0.05, 0) is 51.0 Å². The third-order valence-electron chi connectivity index (χ3n) is 4.55. The number of rotatable bonds is 4. The number of amides is 2. The number of nitrogens with zero attached hydrogens (tertiary/aromatic N) is 4. The van der Waals surface area contributed by atoms with E-state index < -0.39 is 0 Å². The summed E-state index contributed by atoms with van der Waals surface area (Å²) in [6, 6.07) is 8.01. The lowest BCUT2D eigenvalue weighted by Gasteiger charge is -2.35. The minimum absolute atomic E-state index is 0.0492. The van der Waals surface area contributed by atoms with Gasteiger partial charge in [-0.25, -0.2) is 14.8 Å². The van der Waals surface area contributed by atoms with Crippen molar-refractivity contribution in [1.82, 2.24) is 14.9 Å². The van der Waals surface area contributed by atoms with Gasteiger partial charge in [-0.2, -0.15) is 0 Å². The number of carbonyl (C=O) groups is 1. The van der Waals surface area contributed by atoms with Gasteiger partial charge < -0.3 is 20.4 Å². The van der Waals surface area contributed by atoms with Gasteiger partial charge in [0.25, 0.3) is 0 Å².